The number of aryl methyl sites for hydroxylation is 1. The number of nitrogens with one attached hydrogen (secondary N) is 3. The summed E-state index contributed by atoms with van der Waals surface area (Å²) >= 11 is 0. The summed E-state index contributed by atoms with van der Waals surface area (Å²) in [6.07, 6.45) is 4.15. The molecule has 0 atom stereocenters. The second-order valence-electron chi connectivity index (χ2n) is 8.19. The predicted octanol–water partition coefficient (Wildman–Crippen LogP) is 2.37. The summed E-state index contributed by atoms with van der Waals surface area (Å²) in [6.45, 7) is 4.40. The SMILES string of the molecule is Cc1ccc(N2NNc3cnc(NC4CCN(C(=O)CCN(C)C)CC4)nc32)cc1.[HH]. The van der Waals surface area contributed by atoms with E-state index in [9.17, 15) is 4.79 Å². The smallest absolute Gasteiger partial charge is 0.225 e. The van der Waals surface area contributed by atoms with Gasteiger partial charge >= 0.3 is 0 Å². The van der Waals surface area contributed by atoms with Crippen LogP contribution in [0.25, 0.3) is 0 Å². The average Bonchev–Trinajstić information content (AvgIpc) is 3.16. The van der Waals surface area contributed by atoms with Gasteiger partial charge in [0, 0.05) is 33.5 Å². The molecular weight excluding hydrogens is 380 g/mol. The van der Waals surface area contributed by atoms with E-state index in [4.69, 9.17) is 4.98 Å². The van der Waals surface area contributed by atoms with Gasteiger partial charge in [-0.25, -0.2) is 9.99 Å². The molecule has 4 rings (SSSR count). The topological polar surface area (TPSA) is 88.7 Å². The number of amides is 1. The number of piperidine rings is 1. The van der Waals surface area contributed by atoms with Gasteiger partial charge in [0.15, 0.2) is 5.82 Å². The summed E-state index contributed by atoms with van der Waals surface area (Å²) in [7, 11) is 3.98. The number of anilines is 4. The lowest BCUT2D eigenvalue weighted by molar-refractivity contribution is -0.132. The quantitative estimate of drug-likeness (QED) is 0.666. The predicted molar refractivity (Wildman–Crippen MR) is 121 cm³/mol. The van der Waals surface area contributed by atoms with E-state index in [1.54, 1.807) is 6.20 Å². The molecule has 1 aromatic heterocycles. The third-order valence-corrected chi connectivity index (χ3v) is 5.53. The first-order valence-electron chi connectivity index (χ1n) is 10.4. The van der Waals surface area contributed by atoms with Crippen LogP contribution in [0.2, 0.25) is 0 Å². The van der Waals surface area contributed by atoms with E-state index in [2.05, 4.69) is 52.5 Å². The Morgan fingerprint density at radius 3 is 2.70 bits per heavy atom. The fourth-order valence-corrected chi connectivity index (χ4v) is 3.68. The lowest BCUT2D eigenvalue weighted by Gasteiger charge is -2.32. The Labute approximate surface area is 178 Å². The van der Waals surface area contributed by atoms with Crippen LogP contribution >= 0.6 is 0 Å². The lowest BCUT2D eigenvalue weighted by atomic mass is 10.0. The molecule has 9 nitrogen and oxygen atoms in total. The zero-order valence-corrected chi connectivity index (χ0v) is 17.9. The average molecular weight is 413 g/mol. The molecule has 1 amide bonds. The van der Waals surface area contributed by atoms with E-state index in [1.807, 2.05) is 28.9 Å². The van der Waals surface area contributed by atoms with Gasteiger partial charge in [0.25, 0.3) is 0 Å². The minimum absolute atomic E-state index is 0. The Hall–Kier alpha value is -2.91. The standard InChI is InChI=1S/C21H30N8O.H2/c1-15-4-6-17(7-5-15)29-20-18(25-26-29)14-22-21(24-20)23-16-8-12-28(13-9-16)19(30)10-11-27(2)3;/h4-7,14,16,25-26H,8-13H2,1-3H3,(H,22,23,24);1H. The molecular formula is C21H32N8O. The van der Waals surface area contributed by atoms with Crippen molar-refractivity contribution < 1.29 is 6.22 Å². The normalized spacial score (nSPS) is 16.5. The highest BCUT2D eigenvalue weighted by molar-refractivity contribution is 5.77. The molecule has 0 spiro atoms. The molecule has 162 valence electrons. The first kappa shape index (κ1) is 20.4. The first-order chi connectivity index (χ1) is 14.5. The van der Waals surface area contributed by atoms with E-state index in [-0.39, 0.29) is 13.4 Å². The number of carbonyl (C=O) groups excluding carboxylic acids is 1. The maximum absolute atomic E-state index is 12.3. The van der Waals surface area contributed by atoms with Gasteiger partial charge in [-0.1, -0.05) is 17.7 Å². The van der Waals surface area contributed by atoms with Gasteiger partial charge in [0.05, 0.1) is 11.9 Å². The van der Waals surface area contributed by atoms with Crippen molar-refractivity contribution in [2.75, 3.05) is 49.5 Å². The lowest BCUT2D eigenvalue weighted by Crippen LogP contribution is -2.43. The number of carbonyl (C=O) groups is 1. The minimum atomic E-state index is 0. The second kappa shape index (κ2) is 8.85. The van der Waals surface area contributed by atoms with Crippen LogP contribution < -0.4 is 21.3 Å². The molecule has 1 saturated heterocycles. The monoisotopic (exact) mass is 412 g/mol. The van der Waals surface area contributed by atoms with Crippen molar-refractivity contribution in [3.8, 4) is 0 Å². The van der Waals surface area contributed by atoms with Crippen LogP contribution in [-0.4, -0.2) is 65.4 Å². The van der Waals surface area contributed by atoms with Gasteiger partial charge < -0.3 is 15.1 Å². The van der Waals surface area contributed by atoms with Gasteiger partial charge in [-0.05, 0) is 46.0 Å². The molecule has 9 heteroatoms. The first-order valence-corrected chi connectivity index (χ1v) is 10.4. The molecule has 1 fully saturated rings. The maximum Gasteiger partial charge on any atom is 0.225 e. The van der Waals surface area contributed by atoms with Crippen molar-refractivity contribution in [2.45, 2.75) is 32.2 Å². The van der Waals surface area contributed by atoms with Crippen LogP contribution in [0.3, 0.4) is 0 Å². The Kier molecular flexibility index (Phi) is 6.01. The second-order valence-corrected chi connectivity index (χ2v) is 8.19. The van der Waals surface area contributed by atoms with E-state index >= 15 is 0 Å². The number of hydrazine groups is 2. The third-order valence-electron chi connectivity index (χ3n) is 5.53. The van der Waals surface area contributed by atoms with E-state index in [1.165, 1.54) is 5.56 Å². The summed E-state index contributed by atoms with van der Waals surface area (Å²) < 4.78 is 0. The molecule has 3 heterocycles. The van der Waals surface area contributed by atoms with Crippen molar-refractivity contribution in [3.63, 3.8) is 0 Å². The van der Waals surface area contributed by atoms with Crippen molar-refractivity contribution in [2.24, 2.45) is 0 Å². The largest absolute Gasteiger partial charge is 0.351 e. The molecule has 0 aliphatic carbocycles. The molecule has 2 aliphatic heterocycles. The highest BCUT2D eigenvalue weighted by atomic mass is 16.2. The number of benzene rings is 1. The molecule has 3 N–H and O–H groups in total. The van der Waals surface area contributed by atoms with Gasteiger partial charge in [-0.3, -0.25) is 10.2 Å². The van der Waals surface area contributed by atoms with Crippen molar-refractivity contribution in [1.29, 1.82) is 0 Å². The molecule has 0 saturated carbocycles. The molecule has 0 radical (unpaired) electrons. The maximum atomic E-state index is 12.3. The number of hydrogen-bond donors (Lipinski definition) is 3. The van der Waals surface area contributed by atoms with Crippen LogP contribution in [0.15, 0.2) is 30.5 Å². The Bertz CT molecular complexity index is 883. The van der Waals surface area contributed by atoms with Crippen molar-refractivity contribution in [3.05, 3.63) is 36.0 Å². The summed E-state index contributed by atoms with van der Waals surface area (Å²) in [6, 6.07) is 8.51. The minimum Gasteiger partial charge on any atom is -0.351 e. The fraction of sp³-hybridized carbons (Fsp3) is 0.476. The summed E-state index contributed by atoms with van der Waals surface area (Å²) in [5, 5.41) is 5.36. The Balaban J connectivity index is 0.00000272. The zero-order valence-electron chi connectivity index (χ0n) is 17.9. The number of fused-ring (bicyclic) bond motifs is 1. The van der Waals surface area contributed by atoms with Crippen molar-refractivity contribution >= 4 is 29.0 Å². The summed E-state index contributed by atoms with van der Waals surface area (Å²) in [4.78, 5) is 25.5. The molecule has 2 aromatic rings. The number of hydrogen-bond acceptors (Lipinski definition) is 8. The Morgan fingerprint density at radius 2 is 2.00 bits per heavy atom. The molecule has 30 heavy (non-hydrogen) atoms. The van der Waals surface area contributed by atoms with Crippen LogP contribution in [0.5, 0.6) is 0 Å². The highest BCUT2D eigenvalue weighted by Gasteiger charge is 2.26. The number of nitrogens with zero attached hydrogens (tertiary/aromatic N) is 5. The molecule has 1 aromatic carbocycles. The summed E-state index contributed by atoms with van der Waals surface area (Å²) in [5.41, 5.74) is 9.29. The van der Waals surface area contributed by atoms with E-state index in [0.29, 0.717) is 12.4 Å². The van der Waals surface area contributed by atoms with Gasteiger partial charge in [-0.2, -0.15) is 4.98 Å². The number of aromatic nitrogens is 2. The highest BCUT2D eigenvalue weighted by Crippen LogP contribution is 2.33. The van der Waals surface area contributed by atoms with Crippen LogP contribution in [-0.2, 0) is 4.79 Å². The van der Waals surface area contributed by atoms with Crippen molar-refractivity contribution in [1.82, 2.24) is 25.3 Å². The van der Waals surface area contributed by atoms with E-state index in [0.717, 1.165) is 49.7 Å². The molecule has 2 aliphatic rings. The summed E-state index contributed by atoms with van der Waals surface area (Å²) in [5.74, 6) is 1.63. The van der Waals surface area contributed by atoms with Crippen LogP contribution in [0.4, 0.5) is 23.1 Å². The third kappa shape index (κ3) is 4.63. The molecule has 0 unspecified atom stereocenters. The molecule has 0 bridgehead atoms. The van der Waals surface area contributed by atoms with Gasteiger partial charge in [0.1, 0.15) is 5.69 Å². The van der Waals surface area contributed by atoms with Gasteiger partial charge in [0.2, 0.25) is 11.9 Å². The van der Waals surface area contributed by atoms with Crippen LogP contribution in [0.1, 0.15) is 26.3 Å². The fourth-order valence-electron chi connectivity index (χ4n) is 3.68. The number of likely N-dealkylation sites (tertiary alicyclic amines) is 1. The van der Waals surface area contributed by atoms with Gasteiger partial charge in [-0.15, -0.1) is 5.53 Å². The zero-order chi connectivity index (χ0) is 21.1. The Morgan fingerprint density at radius 1 is 1.27 bits per heavy atom. The number of rotatable bonds is 6. The van der Waals surface area contributed by atoms with E-state index < -0.39 is 0 Å². The van der Waals surface area contributed by atoms with Crippen LogP contribution in [0, 0.1) is 6.92 Å².